The van der Waals surface area contributed by atoms with Crippen LogP contribution < -0.4 is 10.1 Å². The van der Waals surface area contributed by atoms with E-state index in [9.17, 15) is 4.79 Å². The zero-order chi connectivity index (χ0) is 16.9. The number of aryl methyl sites for hydroxylation is 2. The van der Waals surface area contributed by atoms with E-state index in [2.05, 4.69) is 22.4 Å². The summed E-state index contributed by atoms with van der Waals surface area (Å²) in [5, 5.41) is 7.05. The fraction of sp³-hybridized carbons (Fsp3) is 0.500. The maximum Gasteiger partial charge on any atom is 0.253 e. The van der Waals surface area contributed by atoms with Crippen LogP contribution in [0.4, 0.5) is 0 Å². The molecule has 2 aromatic rings. The summed E-state index contributed by atoms with van der Waals surface area (Å²) in [6, 6.07) is 3.79. The monoisotopic (exact) mass is 329 g/mol. The zero-order valence-electron chi connectivity index (χ0n) is 14.2. The summed E-state index contributed by atoms with van der Waals surface area (Å²) in [4.78, 5) is 16.1. The van der Waals surface area contributed by atoms with Gasteiger partial charge in [0, 0.05) is 18.3 Å². The van der Waals surface area contributed by atoms with Crippen LogP contribution in [0.1, 0.15) is 60.0 Å². The summed E-state index contributed by atoms with van der Waals surface area (Å²) >= 11 is 0. The van der Waals surface area contributed by atoms with Gasteiger partial charge in [0.05, 0.1) is 16.8 Å². The van der Waals surface area contributed by atoms with E-state index in [1.807, 2.05) is 6.92 Å². The van der Waals surface area contributed by atoms with E-state index in [0.29, 0.717) is 24.1 Å². The number of unbranched alkanes of at least 4 members (excludes halogenated alkanes) is 1. The summed E-state index contributed by atoms with van der Waals surface area (Å²) in [6.07, 6.45) is 6.75. The van der Waals surface area contributed by atoms with Crippen LogP contribution in [-0.2, 0) is 13.0 Å². The molecule has 1 N–H and O–H groups in total. The molecule has 0 unspecified atom stereocenters. The van der Waals surface area contributed by atoms with E-state index in [4.69, 9.17) is 9.26 Å². The molecule has 2 heterocycles. The zero-order valence-corrected chi connectivity index (χ0v) is 14.2. The molecular formula is C18H23N3O3. The number of amides is 1. The van der Waals surface area contributed by atoms with Gasteiger partial charge in [-0.15, -0.1) is 0 Å². The Morgan fingerprint density at radius 2 is 2.25 bits per heavy atom. The van der Waals surface area contributed by atoms with Crippen molar-refractivity contribution in [2.24, 2.45) is 0 Å². The Labute approximate surface area is 141 Å². The van der Waals surface area contributed by atoms with Crippen molar-refractivity contribution < 1.29 is 14.1 Å². The van der Waals surface area contributed by atoms with Gasteiger partial charge in [0.25, 0.3) is 5.91 Å². The molecule has 1 aliphatic carbocycles. The second kappa shape index (κ2) is 7.47. The molecule has 24 heavy (non-hydrogen) atoms. The Morgan fingerprint density at radius 1 is 1.42 bits per heavy atom. The number of aromatic nitrogens is 2. The van der Waals surface area contributed by atoms with Gasteiger partial charge in [-0.05, 0) is 38.7 Å². The molecule has 128 valence electrons. The highest BCUT2D eigenvalue weighted by atomic mass is 16.5. The molecule has 6 heteroatoms. The average molecular weight is 329 g/mol. The van der Waals surface area contributed by atoms with Gasteiger partial charge in [-0.1, -0.05) is 18.5 Å². The van der Waals surface area contributed by atoms with Gasteiger partial charge in [-0.3, -0.25) is 4.79 Å². The number of nitrogens with zero attached hydrogens (tertiary/aromatic N) is 2. The van der Waals surface area contributed by atoms with Crippen LogP contribution >= 0.6 is 0 Å². The van der Waals surface area contributed by atoms with E-state index in [-0.39, 0.29) is 5.91 Å². The highest BCUT2D eigenvalue weighted by Crippen LogP contribution is 2.20. The van der Waals surface area contributed by atoms with Crippen LogP contribution in [0.25, 0.3) is 0 Å². The lowest BCUT2D eigenvalue weighted by Crippen LogP contribution is -2.25. The molecule has 0 atom stereocenters. The van der Waals surface area contributed by atoms with Crippen molar-refractivity contribution in [2.75, 3.05) is 0 Å². The number of nitrogens with one attached hydrogen (secondary N) is 1. The first kappa shape index (κ1) is 16.5. The maximum atomic E-state index is 11.9. The number of carbonyl (C=O) groups excluding carboxylic acids is 1. The first-order valence-corrected chi connectivity index (χ1v) is 8.51. The first-order chi connectivity index (χ1) is 11.7. The normalized spacial score (nSPS) is 13.8. The van der Waals surface area contributed by atoms with E-state index < -0.39 is 0 Å². The Kier molecular flexibility index (Phi) is 5.13. The van der Waals surface area contributed by atoms with Crippen LogP contribution in [0.15, 0.2) is 22.9 Å². The molecule has 0 aliphatic heterocycles. The highest BCUT2D eigenvalue weighted by Gasteiger charge is 2.23. The number of hydrogen-bond donors (Lipinski definition) is 1. The standard InChI is InChI=1S/C18H23N3O3/c1-3-4-5-16-15(12(2)24-21-16)11-23-17-9-6-13(10-19-17)18(22)20-14-7-8-14/h6,9-10,14H,3-5,7-8,11H2,1-2H3,(H,20,22). The Hall–Kier alpha value is -2.37. The third-order valence-corrected chi connectivity index (χ3v) is 4.11. The predicted molar refractivity (Wildman–Crippen MR) is 88.9 cm³/mol. The van der Waals surface area contributed by atoms with Crippen molar-refractivity contribution in [1.82, 2.24) is 15.5 Å². The van der Waals surface area contributed by atoms with Crippen molar-refractivity contribution in [3.63, 3.8) is 0 Å². The second-order valence-corrected chi connectivity index (χ2v) is 6.19. The van der Waals surface area contributed by atoms with E-state index in [1.54, 1.807) is 18.3 Å². The number of ether oxygens (including phenoxy) is 1. The molecule has 0 bridgehead atoms. The molecule has 0 radical (unpaired) electrons. The Balaban J connectivity index is 1.58. The largest absolute Gasteiger partial charge is 0.473 e. The summed E-state index contributed by atoms with van der Waals surface area (Å²) < 4.78 is 11.0. The van der Waals surface area contributed by atoms with Gasteiger partial charge in [-0.25, -0.2) is 4.98 Å². The van der Waals surface area contributed by atoms with Crippen molar-refractivity contribution in [3.8, 4) is 5.88 Å². The third kappa shape index (κ3) is 4.13. The molecule has 3 rings (SSSR count). The molecule has 2 aromatic heterocycles. The predicted octanol–water partition coefficient (Wildman–Crippen LogP) is 3.19. The van der Waals surface area contributed by atoms with Gasteiger partial charge in [0.1, 0.15) is 12.4 Å². The van der Waals surface area contributed by atoms with Crippen molar-refractivity contribution in [1.29, 1.82) is 0 Å². The average Bonchev–Trinajstić information content (AvgIpc) is 3.34. The third-order valence-electron chi connectivity index (χ3n) is 4.11. The van der Waals surface area contributed by atoms with Crippen LogP contribution in [0.2, 0.25) is 0 Å². The van der Waals surface area contributed by atoms with Crippen molar-refractivity contribution in [2.45, 2.75) is 58.6 Å². The molecule has 0 spiro atoms. The minimum absolute atomic E-state index is 0.0757. The smallest absolute Gasteiger partial charge is 0.253 e. The van der Waals surface area contributed by atoms with Gasteiger partial charge >= 0.3 is 0 Å². The summed E-state index contributed by atoms with van der Waals surface area (Å²) in [5.74, 6) is 1.19. The number of pyridine rings is 1. The van der Waals surface area contributed by atoms with Gasteiger partial charge in [0.2, 0.25) is 5.88 Å². The molecule has 1 amide bonds. The Morgan fingerprint density at radius 3 is 2.92 bits per heavy atom. The minimum atomic E-state index is -0.0757. The van der Waals surface area contributed by atoms with Gasteiger partial charge in [-0.2, -0.15) is 0 Å². The topological polar surface area (TPSA) is 77.2 Å². The summed E-state index contributed by atoms with van der Waals surface area (Å²) in [6.45, 7) is 4.41. The molecule has 1 aliphatic rings. The lowest BCUT2D eigenvalue weighted by atomic mass is 10.1. The lowest BCUT2D eigenvalue weighted by molar-refractivity contribution is 0.0950. The van der Waals surface area contributed by atoms with Crippen molar-refractivity contribution in [3.05, 3.63) is 40.9 Å². The van der Waals surface area contributed by atoms with Gasteiger partial charge in [0.15, 0.2) is 0 Å². The minimum Gasteiger partial charge on any atom is -0.473 e. The van der Waals surface area contributed by atoms with Crippen LogP contribution in [0.3, 0.4) is 0 Å². The SMILES string of the molecule is CCCCc1noc(C)c1COc1ccc(C(=O)NC2CC2)cn1. The molecule has 0 aromatic carbocycles. The molecule has 0 saturated heterocycles. The van der Waals surface area contributed by atoms with E-state index >= 15 is 0 Å². The fourth-order valence-corrected chi connectivity index (χ4v) is 2.41. The van der Waals surface area contributed by atoms with Gasteiger partial charge < -0.3 is 14.6 Å². The number of carbonyl (C=O) groups is 1. The van der Waals surface area contributed by atoms with Crippen LogP contribution in [0, 0.1) is 6.92 Å². The van der Waals surface area contributed by atoms with Crippen molar-refractivity contribution >= 4 is 5.91 Å². The Bertz CT molecular complexity index is 690. The van der Waals surface area contributed by atoms with E-state index in [1.165, 1.54) is 0 Å². The molecule has 1 saturated carbocycles. The molecule has 6 nitrogen and oxygen atoms in total. The summed E-state index contributed by atoms with van der Waals surface area (Å²) in [7, 11) is 0. The molecule has 1 fully saturated rings. The lowest BCUT2D eigenvalue weighted by Gasteiger charge is -2.07. The quantitative estimate of drug-likeness (QED) is 0.805. The fourth-order valence-electron chi connectivity index (χ4n) is 2.41. The number of rotatable bonds is 8. The summed E-state index contributed by atoms with van der Waals surface area (Å²) in [5.41, 5.74) is 2.50. The first-order valence-electron chi connectivity index (χ1n) is 8.51. The second-order valence-electron chi connectivity index (χ2n) is 6.19. The maximum absolute atomic E-state index is 11.9. The number of hydrogen-bond acceptors (Lipinski definition) is 5. The molecular weight excluding hydrogens is 306 g/mol. The van der Waals surface area contributed by atoms with Crippen LogP contribution in [0.5, 0.6) is 5.88 Å². The van der Waals surface area contributed by atoms with E-state index in [0.717, 1.165) is 49.1 Å². The highest BCUT2D eigenvalue weighted by molar-refractivity contribution is 5.94. The van der Waals surface area contributed by atoms with Crippen LogP contribution in [-0.4, -0.2) is 22.1 Å².